The van der Waals surface area contributed by atoms with Gasteiger partial charge < -0.3 is 20.1 Å². The van der Waals surface area contributed by atoms with Crippen molar-refractivity contribution in [1.82, 2.24) is 5.32 Å². The Bertz CT molecular complexity index is 634. The number of rotatable bonds is 6. The van der Waals surface area contributed by atoms with Gasteiger partial charge >= 0.3 is 5.97 Å². The highest BCUT2D eigenvalue weighted by Gasteiger charge is 2.34. The number of aryl methyl sites for hydroxylation is 1. The summed E-state index contributed by atoms with van der Waals surface area (Å²) in [6.07, 6.45) is 5.27. The third-order valence-electron chi connectivity index (χ3n) is 5.10. The molecule has 1 aromatic carbocycles. The molecule has 2 atom stereocenters. The minimum Gasteiger partial charge on any atom is -0.482 e. The molecule has 0 spiro atoms. The zero-order valence-electron chi connectivity index (χ0n) is 14.8. The number of nitrogens with one attached hydrogen (secondary N) is 2. The van der Waals surface area contributed by atoms with Crippen molar-refractivity contribution >= 4 is 17.6 Å². The maximum atomic E-state index is 12.4. The quantitative estimate of drug-likeness (QED) is 0.774. The lowest BCUT2D eigenvalue weighted by Crippen LogP contribution is -2.39. The minimum absolute atomic E-state index is 0.0672. The Morgan fingerprint density at radius 1 is 1.24 bits per heavy atom. The van der Waals surface area contributed by atoms with E-state index in [0.717, 1.165) is 24.1 Å². The van der Waals surface area contributed by atoms with Crippen LogP contribution < -0.4 is 15.4 Å². The summed E-state index contributed by atoms with van der Waals surface area (Å²) in [5.74, 6) is 0.696. The van der Waals surface area contributed by atoms with Gasteiger partial charge in [0, 0.05) is 24.2 Å². The lowest BCUT2D eigenvalue weighted by molar-refractivity contribution is -0.142. The van der Waals surface area contributed by atoms with Crippen LogP contribution in [0.2, 0.25) is 0 Å². The first-order chi connectivity index (χ1) is 12.0. The van der Waals surface area contributed by atoms with Gasteiger partial charge in [-0.05, 0) is 62.3 Å². The van der Waals surface area contributed by atoms with Gasteiger partial charge in [-0.1, -0.05) is 0 Å². The summed E-state index contributed by atoms with van der Waals surface area (Å²) in [5.41, 5.74) is 1.69. The van der Waals surface area contributed by atoms with E-state index in [1.54, 1.807) is 6.07 Å². The molecule has 0 aliphatic carbocycles. The molecule has 0 aromatic heterocycles. The number of amides is 1. The summed E-state index contributed by atoms with van der Waals surface area (Å²) < 4.78 is 9.90. The van der Waals surface area contributed by atoms with Crippen molar-refractivity contribution in [3.63, 3.8) is 0 Å². The standard InChI is InChI=1S/C19H26N2O4/c1-12-7-16(25-11-19(23)24-2)5-6-17(12)21-18(22)10-13-8-14-3-4-15(9-13)20-14/h5-7,13-15,20H,3-4,8-11H2,1-2H3,(H,21,22). The van der Waals surface area contributed by atoms with Gasteiger partial charge in [0.25, 0.3) is 0 Å². The lowest BCUT2D eigenvalue weighted by Gasteiger charge is -2.28. The van der Waals surface area contributed by atoms with Crippen molar-refractivity contribution in [3.05, 3.63) is 23.8 Å². The second-order valence-corrected chi connectivity index (χ2v) is 7.07. The fourth-order valence-electron chi connectivity index (χ4n) is 3.87. The van der Waals surface area contributed by atoms with Gasteiger partial charge in [0.1, 0.15) is 5.75 Å². The summed E-state index contributed by atoms with van der Waals surface area (Å²) in [5, 5.41) is 6.61. The Morgan fingerprint density at radius 2 is 1.96 bits per heavy atom. The number of ether oxygens (including phenoxy) is 2. The van der Waals surface area contributed by atoms with Crippen molar-refractivity contribution in [2.45, 2.75) is 51.1 Å². The second-order valence-electron chi connectivity index (χ2n) is 7.07. The van der Waals surface area contributed by atoms with E-state index < -0.39 is 5.97 Å². The number of hydrogen-bond donors (Lipinski definition) is 2. The number of esters is 1. The Kier molecular flexibility index (Phi) is 5.58. The first kappa shape index (κ1) is 17.7. The monoisotopic (exact) mass is 346 g/mol. The van der Waals surface area contributed by atoms with Gasteiger partial charge in [-0.15, -0.1) is 0 Å². The van der Waals surface area contributed by atoms with E-state index in [4.69, 9.17) is 4.74 Å². The Hall–Kier alpha value is -2.08. The molecule has 2 unspecified atom stereocenters. The van der Waals surface area contributed by atoms with E-state index in [1.807, 2.05) is 19.1 Å². The molecule has 2 aliphatic heterocycles. The van der Waals surface area contributed by atoms with E-state index in [1.165, 1.54) is 20.0 Å². The first-order valence-electron chi connectivity index (χ1n) is 8.89. The third-order valence-corrected chi connectivity index (χ3v) is 5.10. The average Bonchev–Trinajstić information content (AvgIpc) is 2.93. The Morgan fingerprint density at radius 3 is 2.60 bits per heavy atom. The van der Waals surface area contributed by atoms with E-state index >= 15 is 0 Å². The minimum atomic E-state index is -0.425. The zero-order chi connectivity index (χ0) is 17.8. The molecule has 2 heterocycles. The van der Waals surface area contributed by atoms with Gasteiger partial charge in [-0.2, -0.15) is 0 Å². The highest BCUT2D eigenvalue weighted by Crippen LogP contribution is 2.33. The number of carbonyl (C=O) groups is 2. The maximum absolute atomic E-state index is 12.4. The topological polar surface area (TPSA) is 76.7 Å². The molecule has 1 aromatic rings. The van der Waals surface area contributed by atoms with E-state index in [2.05, 4.69) is 15.4 Å². The summed E-state index contributed by atoms with van der Waals surface area (Å²) >= 11 is 0. The number of methoxy groups -OCH3 is 1. The molecule has 2 saturated heterocycles. The molecule has 136 valence electrons. The lowest BCUT2D eigenvalue weighted by atomic mass is 9.89. The van der Waals surface area contributed by atoms with E-state index in [-0.39, 0.29) is 12.5 Å². The van der Waals surface area contributed by atoms with Gasteiger partial charge in [0.2, 0.25) is 5.91 Å². The molecule has 1 amide bonds. The molecule has 6 nitrogen and oxygen atoms in total. The second kappa shape index (κ2) is 7.87. The van der Waals surface area contributed by atoms with Crippen LogP contribution in [0, 0.1) is 12.8 Å². The molecule has 6 heteroatoms. The average molecular weight is 346 g/mol. The van der Waals surface area contributed by atoms with Crippen molar-refractivity contribution in [1.29, 1.82) is 0 Å². The molecule has 25 heavy (non-hydrogen) atoms. The zero-order valence-corrected chi connectivity index (χ0v) is 14.8. The Labute approximate surface area is 148 Å². The molecule has 0 radical (unpaired) electrons. The van der Waals surface area contributed by atoms with Gasteiger partial charge in [0.15, 0.2) is 6.61 Å². The van der Waals surface area contributed by atoms with Crippen LogP contribution >= 0.6 is 0 Å². The van der Waals surface area contributed by atoms with Gasteiger partial charge in [0.05, 0.1) is 7.11 Å². The molecule has 2 bridgehead atoms. The van der Waals surface area contributed by atoms with Crippen molar-refractivity contribution in [3.8, 4) is 5.75 Å². The fraction of sp³-hybridized carbons (Fsp3) is 0.579. The van der Waals surface area contributed by atoms with Crippen LogP contribution in [-0.2, 0) is 14.3 Å². The van der Waals surface area contributed by atoms with Crippen LogP contribution in [0.5, 0.6) is 5.75 Å². The first-order valence-corrected chi connectivity index (χ1v) is 8.89. The molecule has 0 saturated carbocycles. The van der Waals surface area contributed by atoms with Crippen molar-refractivity contribution in [2.75, 3.05) is 19.0 Å². The number of piperidine rings is 1. The molecular weight excluding hydrogens is 320 g/mol. The smallest absolute Gasteiger partial charge is 0.343 e. The Balaban J connectivity index is 1.51. The van der Waals surface area contributed by atoms with Gasteiger partial charge in [-0.3, -0.25) is 4.79 Å². The van der Waals surface area contributed by atoms with Crippen molar-refractivity contribution in [2.24, 2.45) is 5.92 Å². The number of benzene rings is 1. The number of anilines is 1. The van der Waals surface area contributed by atoms with Crippen LogP contribution in [0.25, 0.3) is 0 Å². The third kappa shape index (κ3) is 4.72. The maximum Gasteiger partial charge on any atom is 0.343 e. The van der Waals surface area contributed by atoms with Crippen LogP contribution in [0.1, 0.15) is 37.7 Å². The fourth-order valence-corrected chi connectivity index (χ4v) is 3.87. The van der Waals surface area contributed by atoms with Crippen LogP contribution in [0.15, 0.2) is 18.2 Å². The van der Waals surface area contributed by atoms with Crippen molar-refractivity contribution < 1.29 is 19.1 Å². The molecule has 2 aliphatic rings. The highest BCUT2D eigenvalue weighted by molar-refractivity contribution is 5.91. The summed E-state index contributed by atoms with van der Waals surface area (Å²) in [7, 11) is 1.32. The van der Waals surface area contributed by atoms with Crippen LogP contribution in [0.3, 0.4) is 0 Å². The number of hydrogen-bond acceptors (Lipinski definition) is 5. The van der Waals surface area contributed by atoms with Crippen LogP contribution in [0.4, 0.5) is 5.69 Å². The largest absolute Gasteiger partial charge is 0.482 e. The number of carbonyl (C=O) groups excluding carboxylic acids is 2. The van der Waals surface area contributed by atoms with Crippen LogP contribution in [-0.4, -0.2) is 37.7 Å². The van der Waals surface area contributed by atoms with Gasteiger partial charge in [-0.25, -0.2) is 4.79 Å². The predicted octanol–water partition coefficient (Wildman–Crippen LogP) is 2.41. The SMILES string of the molecule is COC(=O)COc1ccc(NC(=O)CC2CC3CCC(C2)N3)c(C)c1. The molecule has 2 fully saturated rings. The summed E-state index contributed by atoms with van der Waals surface area (Å²) in [6.45, 7) is 1.78. The molecular formula is C19H26N2O4. The summed E-state index contributed by atoms with van der Waals surface area (Å²) in [4.78, 5) is 23.5. The van der Waals surface area contributed by atoms with E-state index in [9.17, 15) is 9.59 Å². The normalized spacial score (nSPS) is 24.6. The van der Waals surface area contributed by atoms with E-state index in [0.29, 0.717) is 30.2 Å². The molecule has 3 rings (SSSR count). The molecule has 2 N–H and O–H groups in total. The highest BCUT2D eigenvalue weighted by atomic mass is 16.6. The summed E-state index contributed by atoms with van der Waals surface area (Å²) in [6, 6.07) is 6.57. The predicted molar refractivity (Wildman–Crippen MR) is 94.6 cm³/mol. The number of fused-ring (bicyclic) bond motifs is 2.